The first-order chi connectivity index (χ1) is 25.7. The predicted molar refractivity (Wildman–Crippen MR) is 187 cm³/mol. The first-order valence-corrected chi connectivity index (χ1v) is 18.2. The van der Waals surface area contributed by atoms with Crippen molar-refractivity contribution in [3.8, 4) is 0 Å². The van der Waals surface area contributed by atoms with Gasteiger partial charge in [0.25, 0.3) is 5.91 Å². The van der Waals surface area contributed by atoms with Crippen LogP contribution in [0.5, 0.6) is 0 Å². The number of likely N-dealkylation sites (tertiary alicyclic amines) is 2. The van der Waals surface area contributed by atoms with E-state index in [1.165, 1.54) is 9.80 Å². The standard InChI is InChI=1S/C37H41F6N7O4/c38-36(39,40)26-17-21(18-27(31(26)44)37(41,42)43)19-30(33(51)48-13-7-23(8-14-48)22-5-11-45-12-6-22)54-35(53)49-15-9-24(10-16-49)50-29-20-46-28-4-2-1-3-25(28)32(29)47-34(50)52/h1-4,17-18,20,22-24,30,45H,5-16,19,44H2,(H,47,52). The Morgan fingerprint density at radius 3 is 2.09 bits per heavy atom. The maximum Gasteiger partial charge on any atom is 0.418 e. The maximum atomic E-state index is 14.0. The van der Waals surface area contributed by atoms with Gasteiger partial charge >= 0.3 is 24.1 Å². The third-order valence-corrected chi connectivity index (χ3v) is 11.2. The van der Waals surface area contributed by atoms with E-state index >= 15 is 0 Å². The predicted octanol–water partition coefficient (Wildman–Crippen LogP) is 6.12. The van der Waals surface area contributed by atoms with Gasteiger partial charge in [-0.3, -0.25) is 14.3 Å². The van der Waals surface area contributed by atoms with Crippen LogP contribution in [0.3, 0.4) is 0 Å². The minimum Gasteiger partial charge on any atom is -0.436 e. The molecule has 5 heterocycles. The number of alkyl halides is 6. The smallest absolute Gasteiger partial charge is 0.418 e. The highest BCUT2D eigenvalue weighted by atomic mass is 19.4. The van der Waals surface area contributed by atoms with E-state index in [0.29, 0.717) is 73.8 Å². The van der Waals surface area contributed by atoms with Gasteiger partial charge in [0.1, 0.15) is 0 Å². The molecule has 2 aromatic carbocycles. The van der Waals surface area contributed by atoms with Gasteiger partial charge in [0.05, 0.1) is 39.6 Å². The Hall–Kier alpha value is -4.80. The second kappa shape index (κ2) is 14.8. The molecule has 1 unspecified atom stereocenters. The highest BCUT2D eigenvalue weighted by Gasteiger charge is 2.42. The Morgan fingerprint density at radius 1 is 0.870 bits per heavy atom. The molecule has 1 atom stereocenters. The number of nitrogens with one attached hydrogen (secondary N) is 2. The van der Waals surface area contributed by atoms with E-state index in [9.17, 15) is 40.7 Å². The minimum atomic E-state index is -5.22. The lowest BCUT2D eigenvalue weighted by molar-refractivity contribution is -0.142. The lowest BCUT2D eigenvalue weighted by Gasteiger charge is -2.39. The number of aromatic amines is 1. The van der Waals surface area contributed by atoms with E-state index in [-0.39, 0.29) is 24.8 Å². The number of anilines is 1. The third-order valence-electron chi connectivity index (χ3n) is 11.2. The van der Waals surface area contributed by atoms with Gasteiger partial charge in [0.2, 0.25) is 0 Å². The van der Waals surface area contributed by atoms with Crippen LogP contribution in [0.15, 0.2) is 47.4 Å². The van der Waals surface area contributed by atoms with Gasteiger partial charge < -0.3 is 30.6 Å². The Bertz CT molecular complexity index is 2040. The van der Waals surface area contributed by atoms with Gasteiger partial charge in [0.15, 0.2) is 6.10 Å². The number of nitrogen functional groups attached to an aromatic ring is 1. The maximum absolute atomic E-state index is 14.0. The van der Waals surface area contributed by atoms with Gasteiger partial charge in [-0.2, -0.15) is 26.3 Å². The fourth-order valence-electron chi connectivity index (χ4n) is 8.39. The molecule has 0 aliphatic carbocycles. The number of piperidine rings is 3. The van der Waals surface area contributed by atoms with Crippen molar-refractivity contribution in [3.05, 3.63) is 69.8 Å². The highest BCUT2D eigenvalue weighted by Crippen LogP contribution is 2.42. The number of imidazole rings is 1. The second-order valence-corrected chi connectivity index (χ2v) is 14.5. The fraction of sp³-hybridized carbons (Fsp3) is 0.514. The summed E-state index contributed by atoms with van der Waals surface area (Å²) in [5, 5.41) is 4.12. The number of halogens is 6. The van der Waals surface area contributed by atoms with Crippen molar-refractivity contribution in [2.45, 2.75) is 69.4 Å². The number of nitrogens with zero attached hydrogens (tertiary/aromatic N) is 4. The van der Waals surface area contributed by atoms with Crippen LogP contribution in [0.4, 0.5) is 36.8 Å². The molecule has 7 rings (SSSR count). The molecule has 4 N–H and O–H groups in total. The lowest BCUT2D eigenvalue weighted by Crippen LogP contribution is -2.49. The Labute approximate surface area is 305 Å². The van der Waals surface area contributed by atoms with E-state index in [4.69, 9.17) is 10.5 Å². The second-order valence-electron chi connectivity index (χ2n) is 14.5. The van der Waals surface area contributed by atoms with Gasteiger partial charge in [-0.25, -0.2) is 9.59 Å². The van der Waals surface area contributed by atoms with E-state index in [2.05, 4.69) is 15.3 Å². The zero-order chi connectivity index (χ0) is 38.4. The van der Waals surface area contributed by atoms with Crippen molar-refractivity contribution < 1.29 is 40.7 Å². The summed E-state index contributed by atoms with van der Waals surface area (Å²) in [5.41, 5.74) is 1.63. The minimum absolute atomic E-state index is 0.116. The van der Waals surface area contributed by atoms with Gasteiger partial charge in [-0.15, -0.1) is 0 Å². The molecule has 290 valence electrons. The van der Waals surface area contributed by atoms with E-state index in [1.54, 1.807) is 10.8 Å². The molecule has 3 aliphatic rings. The number of hydrogen-bond acceptors (Lipinski definition) is 7. The lowest BCUT2D eigenvalue weighted by atomic mass is 9.79. The Balaban J connectivity index is 1.10. The van der Waals surface area contributed by atoms with Crippen LogP contribution in [-0.2, 0) is 28.3 Å². The van der Waals surface area contributed by atoms with Gasteiger partial charge in [-0.05, 0) is 87.2 Å². The monoisotopic (exact) mass is 761 g/mol. The van der Waals surface area contributed by atoms with E-state index in [1.807, 2.05) is 24.3 Å². The van der Waals surface area contributed by atoms with Crippen LogP contribution in [0.25, 0.3) is 21.9 Å². The fourth-order valence-corrected chi connectivity index (χ4v) is 8.39. The molecule has 0 spiro atoms. The number of aromatic nitrogens is 3. The molecule has 2 aromatic heterocycles. The first kappa shape index (κ1) is 37.5. The molecular formula is C37H41F6N7O4. The van der Waals surface area contributed by atoms with Gasteiger partial charge in [-0.1, -0.05) is 18.2 Å². The summed E-state index contributed by atoms with van der Waals surface area (Å²) < 4.78 is 90.7. The SMILES string of the molecule is Nc1c(C(F)(F)F)cc(CC(OC(=O)N2CCC(n3c(=O)[nH]c4c5ccccc5ncc43)CC2)C(=O)N2CCC(C3CCNCC3)CC2)cc1C(F)(F)F. The summed E-state index contributed by atoms with van der Waals surface area (Å²) in [6.07, 6.45) is -8.12. The summed E-state index contributed by atoms with van der Waals surface area (Å²) in [6, 6.07) is 8.02. The summed E-state index contributed by atoms with van der Waals surface area (Å²) in [4.78, 5) is 51.0. The third kappa shape index (κ3) is 7.59. The normalized spacial score (nSPS) is 19.1. The molecule has 17 heteroatoms. The molecular weight excluding hydrogens is 720 g/mol. The molecule has 3 fully saturated rings. The summed E-state index contributed by atoms with van der Waals surface area (Å²) in [5.74, 6) is 0.177. The average Bonchev–Trinajstić information content (AvgIpc) is 3.50. The number of carbonyl (C=O) groups excluding carboxylic acids is 2. The number of rotatable bonds is 6. The number of benzene rings is 2. The molecule has 0 bridgehead atoms. The van der Waals surface area contributed by atoms with Crippen LogP contribution < -0.4 is 16.7 Å². The highest BCUT2D eigenvalue weighted by molar-refractivity contribution is 6.01. The number of amides is 2. The quantitative estimate of drug-likeness (QED) is 0.159. The molecule has 54 heavy (non-hydrogen) atoms. The summed E-state index contributed by atoms with van der Waals surface area (Å²) in [7, 11) is 0. The van der Waals surface area contributed by atoms with E-state index in [0.717, 1.165) is 36.8 Å². The Morgan fingerprint density at radius 2 is 1.46 bits per heavy atom. The molecule has 4 aromatic rings. The number of pyridine rings is 1. The Kier molecular flexibility index (Phi) is 10.3. The average molecular weight is 762 g/mol. The molecule has 11 nitrogen and oxygen atoms in total. The van der Waals surface area contributed by atoms with Crippen molar-refractivity contribution in [2.24, 2.45) is 11.8 Å². The molecule has 3 saturated heterocycles. The van der Waals surface area contributed by atoms with Crippen molar-refractivity contribution >= 4 is 39.6 Å². The number of fused-ring (bicyclic) bond motifs is 3. The molecule has 3 aliphatic heterocycles. The van der Waals surface area contributed by atoms with Crippen molar-refractivity contribution in [3.63, 3.8) is 0 Å². The van der Waals surface area contributed by atoms with E-state index < -0.39 is 59.3 Å². The number of ether oxygens (including phenoxy) is 1. The molecule has 2 amide bonds. The number of carbonyl (C=O) groups is 2. The van der Waals surface area contributed by atoms with Crippen molar-refractivity contribution in [2.75, 3.05) is 45.0 Å². The summed E-state index contributed by atoms with van der Waals surface area (Å²) in [6.45, 7) is 2.69. The van der Waals surface area contributed by atoms with Crippen molar-refractivity contribution in [1.29, 1.82) is 0 Å². The van der Waals surface area contributed by atoms with Crippen LogP contribution in [0.1, 0.15) is 61.3 Å². The van der Waals surface area contributed by atoms with Crippen molar-refractivity contribution in [1.82, 2.24) is 29.7 Å². The van der Waals surface area contributed by atoms with Crippen LogP contribution >= 0.6 is 0 Å². The zero-order valence-electron chi connectivity index (χ0n) is 29.3. The largest absolute Gasteiger partial charge is 0.436 e. The number of nitrogens with two attached hydrogens (primary N) is 1. The number of para-hydroxylation sites is 1. The summed E-state index contributed by atoms with van der Waals surface area (Å²) >= 11 is 0. The zero-order valence-corrected chi connectivity index (χ0v) is 29.3. The topological polar surface area (TPSA) is 139 Å². The number of hydrogen-bond donors (Lipinski definition) is 3. The van der Waals surface area contributed by atoms with Crippen LogP contribution in [0.2, 0.25) is 0 Å². The molecule has 0 radical (unpaired) electrons. The first-order valence-electron chi connectivity index (χ1n) is 18.2. The van der Waals surface area contributed by atoms with Gasteiger partial charge in [0, 0.05) is 44.0 Å². The van der Waals surface area contributed by atoms with Crippen LogP contribution in [0, 0.1) is 11.8 Å². The van der Waals surface area contributed by atoms with Crippen LogP contribution in [-0.4, -0.2) is 81.7 Å². The number of H-pyrrole nitrogens is 1. The molecule has 0 saturated carbocycles.